The Bertz CT molecular complexity index is 1460. The second kappa shape index (κ2) is 8.02. The SMILES string of the molecule is CC1=CC2(C)C3=C(NC(=O)CN3C(=O)N3C(c4ccc(F)cc4)=NC(c4ccc(C(F)(F)F)cc4)C32)C1C. The predicted molar refractivity (Wildman–Crippen MR) is 131 cm³/mol. The van der Waals surface area contributed by atoms with Crippen molar-refractivity contribution in [1.82, 2.24) is 15.1 Å². The van der Waals surface area contributed by atoms with Crippen LogP contribution >= 0.6 is 0 Å². The Labute approximate surface area is 216 Å². The number of nitrogens with one attached hydrogen (secondary N) is 1. The number of urea groups is 1. The number of carbonyl (C=O) groups excluding carboxylic acids is 2. The number of nitrogens with zero attached hydrogens (tertiary/aromatic N) is 3. The summed E-state index contributed by atoms with van der Waals surface area (Å²) in [6.07, 6.45) is -2.42. The van der Waals surface area contributed by atoms with E-state index < -0.39 is 41.1 Å². The van der Waals surface area contributed by atoms with Crippen molar-refractivity contribution in [2.45, 2.75) is 39.0 Å². The van der Waals surface area contributed by atoms with E-state index in [0.717, 1.165) is 17.7 Å². The summed E-state index contributed by atoms with van der Waals surface area (Å²) >= 11 is 0. The molecule has 1 fully saturated rings. The number of benzene rings is 2. The van der Waals surface area contributed by atoms with Crippen LogP contribution in [0.15, 0.2) is 76.6 Å². The summed E-state index contributed by atoms with van der Waals surface area (Å²) in [5.74, 6) is -0.615. The lowest BCUT2D eigenvalue weighted by molar-refractivity contribution is -0.137. The largest absolute Gasteiger partial charge is 0.416 e. The highest BCUT2D eigenvalue weighted by molar-refractivity contribution is 6.11. The summed E-state index contributed by atoms with van der Waals surface area (Å²) in [5.41, 5.74) is 1.71. The average Bonchev–Trinajstić information content (AvgIpc) is 3.27. The molecule has 2 aromatic carbocycles. The number of carbonyl (C=O) groups is 2. The first-order valence-electron chi connectivity index (χ1n) is 12.3. The molecule has 3 amide bonds. The van der Waals surface area contributed by atoms with Gasteiger partial charge in [0.2, 0.25) is 5.91 Å². The van der Waals surface area contributed by atoms with E-state index in [1.165, 1.54) is 46.2 Å². The maximum absolute atomic E-state index is 14.1. The smallest absolute Gasteiger partial charge is 0.326 e. The molecule has 3 aliphatic heterocycles. The van der Waals surface area contributed by atoms with Gasteiger partial charge in [0.1, 0.15) is 18.2 Å². The van der Waals surface area contributed by atoms with Gasteiger partial charge >= 0.3 is 12.2 Å². The van der Waals surface area contributed by atoms with E-state index in [2.05, 4.69) is 11.4 Å². The molecule has 1 saturated heterocycles. The molecule has 3 heterocycles. The van der Waals surface area contributed by atoms with E-state index in [1.54, 1.807) is 0 Å². The van der Waals surface area contributed by atoms with Crippen molar-refractivity contribution in [3.05, 3.63) is 94.1 Å². The number of amides is 3. The van der Waals surface area contributed by atoms with Gasteiger partial charge in [-0.25, -0.2) is 9.18 Å². The average molecular weight is 525 g/mol. The van der Waals surface area contributed by atoms with E-state index in [4.69, 9.17) is 4.99 Å². The van der Waals surface area contributed by atoms with Gasteiger partial charge in [0.25, 0.3) is 0 Å². The van der Waals surface area contributed by atoms with Crippen molar-refractivity contribution in [2.24, 2.45) is 16.3 Å². The molecule has 4 atom stereocenters. The zero-order chi connectivity index (χ0) is 27.1. The number of allylic oxidation sites excluding steroid dienone is 1. The van der Waals surface area contributed by atoms with E-state index >= 15 is 0 Å². The molecule has 0 spiro atoms. The fourth-order valence-corrected chi connectivity index (χ4v) is 6.21. The molecule has 0 radical (unpaired) electrons. The summed E-state index contributed by atoms with van der Waals surface area (Å²) in [6, 6.07) is 8.57. The molecule has 0 aromatic heterocycles. The standard InChI is InChI=1S/C28H24F4N4O2/c1-14-12-27(3)23-21(15(14)2)33-20(37)13-35(23)26(38)36-24(27)22(16-4-8-18(9-5-16)28(30,31)32)34-25(36)17-6-10-19(29)11-7-17/h4-12,15,22,24H,13H2,1-3H3,(H,33,37). The highest BCUT2D eigenvalue weighted by Gasteiger charge is 2.61. The number of alkyl halides is 3. The molecular formula is C28H24F4N4O2. The maximum atomic E-state index is 14.1. The Morgan fingerprint density at radius 1 is 1.05 bits per heavy atom. The normalized spacial score (nSPS) is 28.6. The highest BCUT2D eigenvalue weighted by atomic mass is 19.4. The van der Waals surface area contributed by atoms with Crippen LogP contribution in [-0.2, 0) is 11.0 Å². The number of halogens is 4. The summed E-state index contributed by atoms with van der Waals surface area (Å²) < 4.78 is 53.6. The fraction of sp³-hybridized carbons (Fsp3) is 0.321. The molecule has 0 bridgehead atoms. The van der Waals surface area contributed by atoms with Crippen LogP contribution in [0.2, 0.25) is 0 Å². The van der Waals surface area contributed by atoms with Gasteiger partial charge in [-0.15, -0.1) is 0 Å². The molecule has 2 aromatic rings. The molecule has 6 rings (SSSR count). The molecule has 38 heavy (non-hydrogen) atoms. The zero-order valence-corrected chi connectivity index (χ0v) is 20.8. The van der Waals surface area contributed by atoms with Crippen molar-refractivity contribution in [2.75, 3.05) is 6.54 Å². The van der Waals surface area contributed by atoms with Gasteiger partial charge in [-0.2, -0.15) is 13.2 Å². The number of amidine groups is 1. The first-order valence-corrected chi connectivity index (χ1v) is 12.3. The summed E-state index contributed by atoms with van der Waals surface area (Å²) in [7, 11) is 0. The molecule has 4 unspecified atom stereocenters. The number of rotatable bonds is 2. The lowest BCUT2D eigenvalue weighted by atomic mass is 9.66. The van der Waals surface area contributed by atoms with Crippen molar-refractivity contribution in [3.63, 3.8) is 0 Å². The molecular weight excluding hydrogens is 500 g/mol. The summed E-state index contributed by atoms with van der Waals surface area (Å²) in [4.78, 5) is 34.6. The third kappa shape index (κ3) is 3.42. The Balaban J connectivity index is 1.57. The molecule has 10 heteroatoms. The van der Waals surface area contributed by atoms with Crippen molar-refractivity contribution >= 4 is 17.8 Å². The van der Waals surface area contributed by atoms with E-state index in [9.17, 15) is 27.2 Å². The van der Waals surface area contributed by atoms with Crippen molar-refractivity contribution < 1.29 is 27.2 Å². The van der Waals surface area contributed by atoms with Crippen LogP contribution in [0.25, 0.3) is 0 Å². The lowest BCUT2D eigenvalue weighted by Crippen LogP contribution is -2.66. The second-order valence-corrected chi connectivity index (χ2v) is 10.4. The third-order valence-electron chi connectivity index (χ3n) is 8.05. The van der Waals surface area contributed by atoms with Crippen LogP contribution in [0, 0.1) is 17.2 Å². The molecule has 6 nitrogen and oxygen atoms in total. The molecule has 4 aliphatic rings. The van der Waals surface area contributed by atoms with Crippen molar-refractivity contribution in [1.29, 1.82) is 0 Å². The quantitative estimate of drug-likeness (QED) is 0.423. The lowest BCUT2D eigenvalue weighted by Gasteiger charge is -2.55. The minimum atomic E-state index is -4.49. The van der Waals surface area contributed by atoms with Gasteiger partial charge in [0.05, 0.1) is 28.8 Å². The second-order valence-electron chi connectivity index (χ2n) is 10.4. The van der Waals surface area contributed by atoms with Gasteiger partial charge in [0.15, 0.2) is 0 Å². The van der Waals surface area contributed by atoms with Crippen molar-refractivity contribution in [3.8, 4) is 0 Å². The van der Waals surface area contributed by atoms with Crippen LogP contribution < -0.4 is 5.32 Å². The van der Waals surface area contributed by atoms with E-state index in [0.29, 0.717) is 22.5 Å². The van der Waals surface area contributed by atoms with Crippen LogP contribution in [-0.4, -0.2) is 40.2 Å². The highest BCUT2D eigenvalue weighted by Crippen LogP contribution is 2.56. The third-order valence-corrected chi connectivity index (χ3v) is 8.05. The summed E-state index contributed by atoms with van der Waals surface area (Å²) in [5, 5.41) is 2.96. The minimum Gasteiger partial charge on any atom is -0.326 e. The van der Waals surface area contributed by atoms with Crippen LogP contribution in [0.3, 0.4) is 0 Å². The molecule has 0 saturated carbocycles. The van der Waals surface area contributed by atoms with Gasteiger partial charge in [-0.3, -0.25) is 19.6 Å². The van der Waals surface area contributed by atoms with Crippen LogP contribution in [0.4, 0.5) is 22.4 Å². The molecule has 1 N–H and O–H groups in total. The van der Waals surface area contributed by atoms with Gasteiger partial charge in [-0.1, -0.05) is 30.7 Å². The zero-order valence-electron chi connectivity index (χ0n) is 20.8. The Kier molecular flexibility index (Phi) is 5.15. The molecule has 196 valence electrons. The first kappa shape index (κ1) is 24.4. The minimum absolute atomic E-state index is 0.132. The molecule has 1 aliphatic carbocycles. The Hall–Kier alpha value is -3.95. The number of hydrogen-bond acceptors (Lipinski definition) is 3. The maximum Gasteiger partial charge on any atom is 0.416 e. The van der Waals surface area contributed by atoms with E-state index in [-0.39, 0.29) is 24.2 Å². The Morgan fingerprint density at radius 3 is 2.34 bits per heavy atom. The van der Waals surface area contributed by atoms with Crippen LogP contribution in [0.1, 0.15) is 43.5 Å². The topological polar surface area (TPSA) is 65.0 Å². The fourth-order valence-electron chi connectivity index (χ4n) is 6.21. The van der Waals surface area contributed by atoms with Gasteiger partial charge in [-0.05, 0) is 55.8 Å². The van der Waals surface area contributed by atoms with Crippen LogP contribution in [0.5, 0.6) is 0 Å². The number of fused-ring (bicyclic) bond motifs is 2. The number of hydrogen-bond donors (Lipinski definition) is 1. The Morgan fingerprint density at radius 2 is 1.71 bits per heavy atom. The summed E-state index contributed by atoms with van der Waals surface area (Å²) in [6.45, 7) is 5.70. The monoisotopic (exact) mass is 524 g/mol. The predicted octanol–water partition coefficient (Wildman–Crippen LogP) is 5.40. The van der Waals surface area contributed by atoms with Gasteiger partial charge in [0, 0.05) is 17.2 Å². The van der Waals surface area contributed by atoms with Gasteiger partial charge < -0.3 is 5.32 Å². The van der Waals surface area contributed by atoms with E-state index in [1.807, 2.05) is 20.8 Å². The number of aliphatic imine (C=N–C) groups is 1. The first-order chi connectivity index (χ1) is 17.9.